The van der Waals surface area contributed by atoms with E-state index in [2.05, 4.69) is 48.0 Å². The van der Waals surface area contributed by atoms with Gasteiger partial charge in [0.15, 0.2) is 0 Å². The second-order valence-electron chi connectivity index (χ2n) is 3.36. The number of nitrogens with zero attached hydrogens (tertiary/aromatic N) is 3. The van der Waals surface area contributed by atoms with Gasteiger partial charge in [-0.05, 0) is 24.4 Å². The fourth-order valence-corrected chi connectivity index (χ4v) is 2.25. The highest BCUT2D eigenvalue weighted by Gasteiger charge is 2.19. The third-order valence-corrected chi connectivity index (χ3v) is 3.06. The van der Waals surface area contributed by atoms with Crippen LogP contribution in [0.3, 0.4) is 0 Å². The number of aryl methyl sites for hydroxylation is 1. The first-order valence-electron chi connectivity index (χ1n) is 4.59. The minimum atomic E-state index is 1.14. The summed E-state index contributed by atoms with van der Waals surface area (Å²) in [7, 11) is 2.04. The molecule has 0 atom stereocenters. The summed E-state index contributed by atoms with van der Waals surface area (Å²) < 4.78 is 4.16. The molecule has 0 saturated heterocycles. The van der Waals surface area contributed by atoms with Gasteiger partial charge in [-0.1, -0.05) is 0 Å². The monoisotopic (exact) mass is 312 g/mol. The fourth-order valence-electron chi connectivity index (χ4n) is 1.51. The normalized spacial score (nSPS) is 14.9. The molecule has 2 rings (SSSR count). The van der Waals surface area contributed by atoms with E-state index in [1.165, 1.54) is 5.57 Å². The predicted molar refractivity (Wildman–Crippen MR) is 68.8 cm³/mol. The summed E-state index contributed by atoms with van der Waals surface area (Å²) in [4.78, 5) is 4.03. The zero-order valence-electron chi connectivity index (χ0n) is 8.61. The molecule has 2 heterocycles. The second kappa shape index (κ2) is 4.16. The third kappa shape index (κ3) is 1.96. The average molecular weight is 312 g/mol. The molecule has 15 heavy (non-hydrogen) atoms. The Morgan fingerprint density at radius 3 is 3.00 bits per heavy atom. The molecule has 1 aromatic heterocycles. The zero-order valence-corrected chi connectivity index (χ0v) is 10.8. The molecule has 0 unspecified atom stereocenters. The van der Waals surface area contributed by atoms with Crippen molar-refractivity contribution in [3.63, 3.8) is 0 Å². The quantitative estimate of drug-likeness (QED) is 0.559. The Morgan fingerprint density at radius 2 is 2.33 bits per heavy atom. The molecule has 1 aliphatic rings. The summed E-state index contributed by atoms with van der Waals surface area (Å²) in [5, 5.41) is 0. The number of halogens is 1. The van der Waals surface area contributed by atoms with E-state index in [0.717, 1.165) is 11.4 Å². The Morgan fingerprint density at radius 1 is 1.53 bits per heavy atom. The van der Waals surface area contributed by atoms with E-state index >= 15 is 0 Å². The molecule has 1 aromatic rings. The highest BCUT2D eigenvalue weighted by atomic mass is 127. The molecule has 0 fully saturated rings. The van der Waals surface area contributed by atoms with E-state index in [0.29, 0.717) is 0 Å². The molecule has 4 heteroatoms. The number of allylic oxidation sites excluding steroid dienone is 4. The molecule has 0 saturated carbocycles. The number of aromatic nitrogens is 2. The molecule has 3 nitrogen and oxygen atoms in total. The lowest BCUT2D eigenvalue weighted by atomic mass is 10.1. The summed E-state index contributed by atoms with van der Waals surface area (Å²) >= 11 is 2.27. The lowest BCUT2D eigenvalue weighted by molar-refractivity contribution is -0.672. The topological polar surface area (TPSA) is 21.2 Å². The van der Waals surface area contributed by atoms with Gasteiger partial charge in [-0.15, -0.1) is 0 Å². The van der Waals surface area contributed by atoms with Crippen LogP contribution < -0.4 is 4.57 Å². The standard InChI is InChI=1S/C11H11IN3/c1-9-8-13-5-3-4-10(9)11-14(2)6-7-15(11)12/h3-4,6-8H,1-2H3/q+1. The van der Waals surface area contributed by atoms with Crippen LogP contribution in [0.2, 0.25) is 0 Å². The largest absolute Gasteiger partial charge is 0.297 e. The van der Waals surface area contributed by atoms with Gasteiger partial charge in [0.2, 0.25) is 22.9 Å². The van der Waals surface area contributed by atoms with Crippen molar-refractivity contribution < 1.29 is 4.57 Å². The molecule has 76 valence electrons. The molecule has 0 bridgehead atoms. The molecule has 0 N–H and O–H groups in total. The smallest absolute Gasteiger partial charge is 0.232 e. The van der Waals surface area contributed by atoms with Gasteiger partial charge >= 0.3 is 0 Å². The third-order valence-electron chi connectivity index (χ3n) is 2.28. The highest BCUT2D eigenvalue weighted by molar-refractivity contribution is 14.1. The fraction of sp³-hybridized carbons (Fsp3) is 0.182. The molecular weight excluding hydrogens is 301 g/mol. The summed E-state index contributed by atoms with van der Waals surface area (Å²) in [5.41, 5.74) is 2.31. The van der Waals surface area contributed by atoms with Crippen molar-refractivity contribution in [1.82, 2.24) is 2.78 Å². The maximum atomic E-state index is 4.03. The van der Waals surface area contributed by atoms with Crippen LogP contribution in [0.25, 0.3) is 5.57 Å². The summed E-state index contributed by atoms with van der Waals surface area (Å²) in [6.07, 6.45) is 9.77. The van der Waals surface area contributed by atoms with Gasteiger partial charge in [0, 0.05) is 12.3 Å². The van der Waals surface area contributed by atoms with Crippen molar-refractivity contribution in [2.24, 2.45) is 12.0 Å². The second-order valence-corrected chi connectivity index (χ2v) is 4.40. The van der Waals surface area contributed by atoms with Gasteiger partial charge in [-0.3, -0.25) is 0 Å². The van der Waals surface area contributed by atoms with Crippen molar-refractivity contribution in [2.45, 2.75) is 6.92 Å². The van der Waals surface area contributed by atoms with Crippen LogP contribution in [0.5, 0.6) is 0 Å². The van der Waals surface area contributed by atoms with Gasteiger partial charge in [-0.25, -0.2) is 9.56 Å². The first-order valence-corrected chi connectivity index (χ1v) is 5.56. The van der Waals surface area contributed by atoms with E-state index in [4.69, 9.17) is 0 Å². The van der Waals surface area contributed by atoms with Crippen molar-refractivity contribution in [3.8, 4) is 0 Å². The van der Waals surface area contributed by atoms with E-state index in [1.807, 2.05) is 37.8 Å². The predicted octanol–water partition coefficient (Wildman–Crippen LogP) is 2.04. The Hall–Kier alpha value is -1.13. The van der Waals surface area contributed by atoms with E-state index in [9.17, 15) is 0 Å². The Bertz CT molecular complexity index is 494. The van der Waals surface area contributed by atoms with Gasteiger partial charge in [0.25, 0.3) is 5.82 Å². The van der Waals surface area contributed by atoms with E-state index in [-0.39, 0.29) is 0 Å². The molecule has 0 aromatic carbocycles. The average Bonchev–Trinajstić information content (AvgIpc) is 2.42. The maximum absolute atomic E-state index is 4.03. The zero-order chi connectivity index (χ0) is 10.8. The number of imidazole rings is 1. The van der Waals surface area contributed by atoms with Crippen LogP contribution in [0.1, 0.15) is 12.7 Å². The van der Waals surface area contributed by atoms with Crippen LogP contribution in [0, 0.1) is 0 Å². The van der Waals surface area contributed by atoms with Crippen molar-refractivity contribution >= 4 is 34.3 Å². The number of rotatable bonds is 1. The number of aliphatic imine (C=N–C) groups is 1. The Kier molecular flexibility index (Phi) is 2.88. The van der Waals surface area contributed by atoms with Crippen molar-refractivity contribution in [2.75, 3.05) is 0 Å². The first kappa shape index (κ1) is 10.4. The minimum absolute atomic E-state index is 1.14. The molecule has 0 spiro atoms. The minimum Gasteiger partial charge on any atom is -0.232 e. The number of hydrogen-bond acceptors (Lipinski definition) is 1. The summed E-state index contributed by atoms with van der Waals surface area (Å²) in [5.74, 6) is 3.99. The van der Waals surface area contributed by atoms with Crippen LogP contribution in [0.15, 0.2) is 41.3 Å². The van der Waals surface area contributed by atoms with Crippen LogP contribution in [-0.4, -0.2) is 8.65 Å². The molecule has 1 aliphatic heterocycles. The lowest BCUT2D eigenvalue weighted by Crippen LogP contribution is -2.30. The molecule has 0 amide bonds. The van der Waals surface area contributed by atoms with Gasteiger partial charge in [0.05, 0.1) is 12.6 Å². The Labute approximate surface area is 103 Å². The van der Waals surface area contributed by atoms with Gasteiger partial charge in [0.1, 0.15) is 12.4 Å². The summed E-state index contributed by atoms with van der Waals surface area (Å²) in [6, 6.07) is 0. The van der Waals surface area contributed by atoms with Gasteiger partial charge < -0.3 is 0 Å². The van der Waals surface area contributed by atoms with Crippen molar-refractivity contribution in [3.05, 3.63) is 42.1 Å². The van der Waals surface area contributed by atoms with Crippen LogP contribution >= 0.6 is 22.9 Å². The van der Waals surface area contributed by atoms with Crippen LogP contribution in [0.4, 0.5) is 0 Å². The lowest BCUT2D eigenvalue weighted by Gasteiger charge is -2.01. The number of hydrogen-bond donors (Lipinski definition) is 0. The van der Waals surface area contributed by atoms with Crippen molar-refractivity contribution in [1.29, 1.82) is 0 Å². The SMILES string of the molecule is CC1=CN=C=CC=C1c1n(I)cc[n+]1C. The van der Waals surface area contributed by atoms with E-state index in [1.54, 1.807) is 0 Å². The first-order chi connectivity index (χ1) is 7.20. The van der Waals surface area contributed by atoms with Gasteiger partial charge in [-0.2, -0.15) is 2.78 Å². The molecular formula is C11H11IN3+. The highest BCUT2D eigenvalue weighted by Crippen LogP contribution is 2.22. The van der Waals surface area contributed by atoms with Crippen LogP contribution in [-0.2, 0) is 7.05 Å². The molecule has 0 radical (unpaired) electrons. The summed E-state index contributed by atoms with van der Waals surface area (Å²) in [6.45, 7) is 2.06. The molecule has 0 aliphatic carbocycles. The van der Waals surface area contributed by atoms with E-state index < -0.39 is 0 Å². The maximum Gasteiger partial charge on any atom is 0.297 e. The Balaban J connectivity index is 2.57.